The number of nitrogens with zero attached hydrogens (tertiary/aromatic N) is 1. The fraction of sp³-hybridized carbons (Fsp3) is 0.286. The minimum absolute atomic E-state index is 0.0429. The number of hydrogen-bond acceptors (Lipinski definition) is 3. The highest BCUT2D eigenvalue weighted by atomic mass is 32.1. The molecule has 3 aromatic rings. The molecule has 1 amide bonds. The summed E-state index contributed by atoms with van der Waals surface area (Å²) in [6.07, 6.45) is 5.96. The smallest absolute Gasteiger partial charge is 0.290 e. The molecule has 5 heteroatoms. The van der Waals surface area contributed by atoms with Gasteiger partial charge in [0.2, 0.25) is 0 Å². The lowest BCUT2D eigenvalue weighted by atomic mass is 10.2. The van der Waals surface area contributed by atoms with Gasteiger partial charge in [0.05, 0.1) is 12.8 Å². The van der Waals surface area contributed by atoms with Crippen LogP contribution in [0.2, 0.25) is 0 Å². The van der Waals surface area contributed by atoms with E-state index in [1.807, 2.05) is 11.0 Å². The molecule has 0 spiro atoms. The van der Waals surface area contributed by atoms with Gasteiger partial charge in [-0.1, -0.05) is 25.0 Å². The summed E-state index contributed by atoms with van der Waals surface area (Å²) < 4.78 is 18.5. The molecule has 2 heterocycles. The number of benzene rings is 1. The SMILES string of the molecule is O=C(c1ccco1)N(Cc1ccc(-c2ccc(F)cc2)s1)C1CCCC1. The van der Waals surface area contributed by atoms with Crippen LogP contribution in [0.5, 0.6) is 0 Å². The number of thiophene rings is 1. The van der Waals surface area contributed by atoms with Gasteiger partial charge in [0.1, 0.15) is 5.82 Å². The van der Waals surface area contributed by atoms with Crippen LogP contribution in [0.15, 0.2) is 59.2 Å². The molecule has 0 bridgehead atoms. The molecule has 1 aliphatic rings. The molecule has 1 fully saturated rings. The Labute approximate surface area is 156 Å². The molecule has 0 saturated heterocycles. The Kier molecular flexibility index (Phi) is 4.89. The Morgan fingerprint density at radius 2 is 1.88 bits per heavy atom. The molecule has 134 valence electrons. The zero-order chi connectivity index (χ0) is 17.9. The summed E-state index contributed by atoms with van der Waals surface area (Å²) in [5, 5.41) is 0. The first-order valence-corrected chi connectivity index (χ1v) is 9.71. The molecule has 1 saturated carbocycles. The number of amides is 1. The van der Waals surface area contributed by atoms with Gasteiger partial charge < -0.3 is 9.32 Å². The molecule has 1 aliphatic carbocycles. The van der Waals surface area contributed by atoms with Crippen LogP contribution in [0.1, 0.15) is 41.1 Å². The van der Waals surface area contributed by atoms with Crippen molar-refractivity contribution < 1.29 is 13.6 Å². The average Bonchev–Trinajstić information content (AvgIpc) is 3.42. The molecule has 2 aromatic heterocycles. The molecule has 0 unspecified atom stereocenters. The minimum Gasteiger partial charge on any atom is -0.459 e. The number of furan rings is 1. The van der Waals surface area contributed by atoms with Gasteiger partial charge in [-0.25, -0.2) is 4.39 Å². The fourth-order valence-corrected chi connectivity index (χ4v) is 4.54. The Morgan fingerprint density at radius 3 is 2.58 bits per heavy atom. The Bertz CT molecular complexity index is 864. The van der Waals surface area contributed by atoms with E-state index in [2.05, 4.69) is 6.07 Å². The van der Waals surface area contributed by atoms with Gasteiger partial charge in [0.25, 0.3) is 5.91 Å². The Hall–Kier alpha value is -2.40. The van der Waals surface area contributed by atoms with Crippen molar-refractivity contribution in [2.24, 2.45) is 0 Å². The van der Waals surface area contributed by atoms with Crippen LogP contribution in [0, 0.1) is 5.82 Å². The molecule has 3 nitrogen and oxygen atoms in total. The van der Waals surface area contributed by atoms with Crippen LogP contribution in [0.25, 0.3) is 10.4 Å². The van der Waals surface area contributed by atoms with Crippen molar-refractivity contribution in [2.75, 3.05) is 0 Å². The van der Waals surface area contributed by atoms with Crippen LogP contribution in [-0.4, -0.2) is 16.8 Å². The van der Waals surface area contributed by atoms with Crippen LogP contribution in [0.4, 0.5) is 4.39 Å². The third-order valence-electron chi connectivity index (χ3n) is 4.87. The van der Waals surface area contributed by atoms with Crippen molar-refractivity contribution in [1.82, 2.24) is 4.90 Å². The number of rotatable bonds is 5. The fourth-order valence-electron chi connectivity index (χ4n) is 3.52. The molecule has 26 heavy (non-hydrogen) atoms. The van der Waals surface area contributed by atoms with Crippen molar-refractivity contribution in [1.29, 1.82) is 0 Å². The maximum Gasteiger partial charge on any atom is 0.290 e. The van der Waals surface area contributed by atoms with Gasteiger partial charge in [0.15, 0.2) is 5.76 Å². The zero-order valence-corrected chi connectivity index (χ0v) is 15.2. The summed E-state index contributed by atoms with van der Waals surface area (Å²) in [5.41, 5.74) is 0.993. The van der Waals surface area contributed by atoms with Crippen LogP contribution < -0.4 is 0 Å². The quantitative estimate of drug-likeness (QED) is 0.575. The van der Waals surface area contributed by atoms with E-state index < -0.39 is 0 Å². The van der Waals surface area contributed by atoms with Gasteiger partial charge in [-0.05, 0) is 54.8 Å². The topological polar surface area (TPSA) is 33.5 Å². The highest BCUT2D eigenvalue weighted by Crippen LogP contribution is 2.32. The maximum absolute atomic E-state index is 13.1. The van der Waals surface area contributed by atoms with E-state index in [9.17, 15) is 9.18 Å². The second-order valence-corrected chi connectivity index (χ2v) is 7.79. The zero-order valence-electron chi connectivity index (χ0n) is 14.4. The first-order valence-electron chi connectivity index (χ1n) is 8.90. The van der Waals surface area contributed by atoms with Crippen LogP contribution in [-0.2, 0) is 6.54 Å². The third-order valence-corrected chi connectivity index (χ3v) is 5.99. The second kappa shape index (κ2) is 7.46. The molecule has 0 atom stereocenters. The van der Waals surface area contributed by atoms with E-state index in [-0.39, 0.29) is 17.8 Å². The van der Waals surface area contributed by atoms with E-state index in [0.717, 1.165) is 41.0 Å². The van der Waals surface area contributed by atoms with E-state index in [4.69, 9.17) is 4.42 Å². The summed E-state index contributed by atoms with van der Waals surface area (Å²) in [4.78, 5) is 17.1. The standard InChI is InChI=1S/C21H20FNO2S/c22-16-9-7-15(8-10-16)20-12-11-18(26-20)14-23(17-4-1-2-5-17)21(24)19-6-3-13-25-19/h3,6-13,17H,1-2,4-5,14H2. The molecule has 0 aliphatic heterocycles. The van der Waals surface area contributed by atoms with E-state index in [1.165, 1.54) is 18.4 Å². The van der Waals surface area contributed by atoms with Crippen LogP contribution in [0.3, 0.4) is 0 Å². The molecule has 4 rings (SSSR count). The van der Waals surface area contributed by atoms with E-state index in [0.29, 0.717) is 12.3 Å². The lowest BCUT2D eigenvalue weighted by Gasteiger charge is -2.27. The van der Waals surface area contributed by atoms with E-state index >= 15 is 0 Å². The summed E-state index contributed by atoms with van der Waals surface area (Å²) in [5.74, 6) is 0.118. The lowest BCUT2D eigenvalue weighted by Crippen LogP contribution is -2.37. The normalized spacial score (nSPS) is 14.7. The Balaban J connectivity index is 1.56. The number of carbonyl (C=O) groups excluding carboxylic acids is 1. The average molecular weight is 369 g/mol. The first-order chi connectivity index (χ1) is 12.7. The molecule has 0 N–H and O–H groups in total. The summed E-state index contributed by atoms with van der Waals surface area (Å²) in [6.45, 7) is 0.579. The molecule has 0 radical (unpaired) electrons. The summed E-state index contributed by atoms with van der Waals surface area (Å²) in [7, 11) is 0. The van der Waals surface area contributed by atoms with Crippen molar-refractivity contribution in [3.8, 4) is 10.4 Å². The van der Waals surface area contributed by atoms with Gasteiger partial charge in [-0.3, -0.25) is 4.79 Å². The third kappa shape index (κ3) is 3.58. The highest BCUT2D eigenvalue weighted by Gasteiger charge is 2.29. The summed E-state index contributed by atoms with van der Waals surface area (Å²) in [6, 6.07) is 14.4. The maximum atomic E-state index is 13.1. The predicted molar refractivity (Wildman–Crippen MR) is 101 cm³/mol. The monoisotopic (exact) mass is 369 g/mol. The van der Waals surface area contributed by atoms with Crippen molar-refractivity contribution in [3.05, 3.63) is 71.2 Å². The molecule has 1 aromatic carbocycles. The number of halogens is 1. The largest absolute Gasteiger partial charge is 0.459 e. The van der Waals surface area contributed by atoms with Gasteiger partial charge >= 0.3 is 0 Å². The number of carbonyl (C=O) groups is 1. The van der Waals surface area contributed by atoms with E-state index in [1.54, 1.807) is 35.6 Å². The summed E-state index contributed by atoms with van der Waals surface area (Å²) >= 11 is 1.65. The number of hydrogen-bond donors (Lipinski definition) is 0. The van der Waals surface area contributed by atoms with Gasteiger partial charge in [-0.15, -0.1) is 11.3 Å². The first kappa shape index (κ1) is 17.0. The lowest BCUT2D eigenvalue weighted by molar-refractivity contribution is 0.0634. The van der Waals surface area contributed by atoms with Gasteiger partial charge in [-0.2, -0.15) is 0 Å². The van der Waals surface area contributed by atoms with Crippen molar-refractivity contribution in [3.63, 3.8) is 0 Å². The van der Waals surface area contributed by atoms with Crippen molar-refractivity contribution >= 4 is 17.2 Å². The van der Waals surface area contributed by atoms with Crippen molar-refractivity contribution in [2.45, 2.75) is 38.3 Å². The van der Waals surface area contributed by atoms with Crippen LogP contribution >= 0.6 is 11.3 Å². The second-order valence-electron chi connectivity index (χ2n) is 6.62. The minimum atomic E-state index is -0.234. The Morgan fingerprint density at radius 1 is 1.12 bits per heavy atom. The molecular formula is C21H20FNO2S. The highest BCUT2D eigenvalue weighted by molar-refractivity contribution is 7.15. The predicted octanol–water partition coefficient (Wildman–Crippen LogP) is 5.73. The van der Waals surface area contributed by atoms with Gasteiger partial charge in [0, 0.05) is 15.8 Å². The molecular weight excluding hydrogens is 349 g/mol.